The van der Waals surface area contributed by atoms with Crippen LogP contribution < -0.4 is 15.5 Å². The fourth-order valence-corrected chi connectivity index (χ4v) is 3.00. The third-order valence-corrected chi connectivity index (χ3v) is 4.63. The van der Waals surface area contributed by atoms with Gasteiger partial charge in [-0.25, -0.2) is 0 Å². The maximum atomic E-state index is 12.2. The standard InChI is InChI=1S/C23H25N3O3/c1-16(2)23(29)25-19-6-3-5-18(15-19)24-21(27)13-10-17-8-11-20(12-9-17)26-14-4-7-22(26)28/h3,5-6,8-13,15-16H,4,7,14H2,1-2H3,(H,24,27)(H,25,29)/b13-10+. The third kappa shape index (κ3) is 5.54. The Balaban J connectivity index is 1.58. The van der Waals surface area contributed by atoms with Crippen molar-refractivity contribution >= 4 is 40.9 Å². The monoisotopic (exact) mass is 391 g/mol. The number of nitrogens with one attached hydrogen (secondary N) is 2. The molecule has 0 atom stereocenters. The van der Waals surface area contributed by atoms with Gasteiger partial charge >= 0.3 is 0 Å². The third-order valence-electron chi connectivity index (χ3n) is 4.63. The van der Waals surface area contributed by atoms with Crippen LogP contribution in [0, 0.1) is 5.92 Å². The predicted octanol–water partition coefficient (Wildman–Crippen LogP) is 4.06. The Labute approximate surface area is 170 Å². The molecule has 0 unspecified atom stereocenters. The van der Waals surface area contributed by atoms with Crippen molar-refractivity contribution in [3.63, 3.8) is 0 Å². The summed E-state index contributed by atoms with van der Waals surface area (Å²) in [5.74, 6) is -0.311. The van der Waals surface area contributed by atoms with Gasteiger partial charge in [0.2, 0.25) is 17.7 Å². The quantitative estimate of drug-likeness (QED) is 0.729. The van der Waals surface area contributed by atoms with E-state index in [1.807, 2.05) is 38.1 Å². The van der Waals surface area contributed by atoms with Crippen LogP contribution in [0.15, 0.2) is 54.6 Å². The summed E-state index contributed by atoms with van der Waals surface area (Å²) < 4.78 is 0. The van der Waals surface area contributed by atoms with E-state index >= 15 is 0 Å². The van der Waals surface area contributed by atoms with Gasteiger partial charge in [0.15, 0.2) is 0 Å². The molecular weight excluding hydrogens is 366 g/mol. The predicted molar refractivity (Wildman–Crippen MR) is 116 cm³/mol. The van der Waals surface area contributed by atoms with Gasteiger partial charge in [-0.1, -0.05) is 32.0 Å². The zero-order chi connectivity index (χ0) is 20.8. The Morgan fingerprint density at radius 1 is 1.03 bits per heavy atom. The molecule has 2 N–H and O–H groups in total. The number of hydrogen-bond donors (Lipinski definition) is 2. The molecule has 0 aliphatic carbocycles. The minimum absolute atomic E-state index is 0.0764. The maximum Gasteiger partial charge on any atom is 0.248 e. The number of amides is 3. The van der Waals surface area contributed by atoms with Crippen LogP contribution in [-0.4, -0.2) is 24.3 Å². The molecule has 1 aliphatic rings. The van der Waals surface area contributed by atoms with Crippen LogP contribution >= 0.6 is 0 Å². The van der Waals surface area contributed by atoms with Crippen LogP contribution in [0.25, 0.3) is 6.08 Å². The number of nitrogens with zero attached hydrogens (tertiary/aromatic N) is 1. The second-order valence-corrected chi connectivity index (χ2v) is 7.29. The van der Waals surface area contributed by atoms with E-state index in [1.54, 1.807) is 35.2 Å². The van der Waals surface area contributed by atoms with E-state index < -0.39 is 0 Å². The molecule has 29 heavy (non-hydrogen) atoms. The van der Waals surface area contributed by atoms with E-state index in [0.717, 1.165) is 24.2 Å². The van der Waals surface area contributed by atoms with Gasteiger partial charge in [0.1, 0.15) is 0 Å². The Bertz CT molecular complexity index is 933. The lowest BCUT2D eigenvalue weighted by atomic mass is 10.2. The highest BCUT2D eigenvalue weighted by Crippen LogP contribution is 2.22. The van der Waals surface area contributed by atoms with Gasteiger partial charge in [0, 0.05) is 42.0 Å². The molecular formula is C23H25N3O3. The minimum atomic E-state index is -0.267. The molecule has 0 saturated carbocycles. The second-order valence-electron chi connectivity index (χ2n) is 7.29. The van der Waals surface area contributed by atoms with Gasteiger partial charge in [0.05, 0.1) is 0 Å². The number of carbonyl (C=O) groups is 3. The van der Waals surface area contributed by atoms with E-state index in [9.17, 15) is 14.4 Å². The maximum absolute atomic E-state index is 12.2. The highest BCUT2D eigenvalue weighted by Gasteiger charge is 2.21. The molecule has 0 spiro atoms. The molecule has 150 valence electrons. The lowest BCUT2D eigenvalue weighted by Crippen LogP contribution is -2.23. The van der Waals surface area contributed by atoms with Crippen molar-refractivity contribution < 1.29 is 14.4 Å². The summed E-state index contributed by atoms with van der Waals surface area (Å²) in [6.45, 7) is 4.40. The van der Waals surface area contributed by atoms with Crippen molar-refractivity contribution in [2.45, 2.75) is 26.7 Å². The van der Waals surface area contributed by atoms with Gasteiger partial charge in [-0.05, 0) is 48.4 Å². The van der Waals surface area contributed by atoms with Crippen LogP contribution in [0.4, 0.5) is 17.1 Å². The number of benzene rings is 2. The van der Waals surface area contributed by atoms with Crippen LogP contribution in [0.1, 0.15) is 32.3 Å². The van der Waals surface area contributed by atoms with Crippen LogP contribution in [-0.2, 0) is 14.4 Å². The van der Waals surface area contributed by atoms with E-state index in [1.165, 1.54) is 6.08 Å². The molecule has 3 rings (SSSR count). The van der Waals surface area contributed by atoms with Crippen molar-refractivity contribution in [3.8, 4) is 0 Å². The molecule has 0 aromatic heterocycles. The molecule has 3 amide bonds. The topological polar surface area (TPSA) is 78.5 Å². The first-order chi connectivity index (χ1) is 13.9. The molecule has 2 aromatic rings. The SMILES string of the molecule is CC(C)C(=O)Nc1cccc(NC(=O)/C=C/c2ccc(N3CCCC3=O)cc2)c1. The van der Waals surface area contributed by atoms with Crippen LogP contribution in [0.2, 0.25) is 0 Å². The zero-order valence-electron chi connectivity index (χ0n) is 16.6. The van der Waals surface area contributed by atoms with Crippen molar-refractivity contribution in [3.05, 3.63) is 60.2 Å². The Morgan fingerprint density at radius 2 is 1.72 bits per heavy atom. The Morgan fingerprint density at radius 3 is 2.34 bits per heavy atom. The lowest BCUT2D eigenvalue weighted by Gasteiger charge is -2.15. The molecule has 2 aromatic carbocycles. The molecule has 1 aliphatic heterocycles. The largest absolute Gasteiger partial charge is 0.326 e. The van der Waals surface area contributed by atoms with Gasteiger partial charge < -0.3 is 15.5 Å². The fraction of sp³-hybridized carbons (Fsp3) is 0.261. The number of rotatable bonds is 6. The summed E-state index contributed by atoms with van der Waals surface area (Å²) in [6.07, 6.45) is 4.66. The van der Waals surface area contributed by atoms with Crippen molar-refractivity contribution in [1.82, 2.24) is 0 Å². The summed E-state index contributed by atoms with van der Waals surface area (Å²) in [5, 5.41) is 5.60. The van der Waals surface area contributed by atoms with E-state index in [4.69, 9.17) is 0 Å². The average molecular weight is 391 g/mol. The molecule has 6 heteroatoms. The van der Waals surface area contributed by atoms with E-state index in [-0.39, 0.29) is 23.6 Å². The number of carbonyl (C=O) groups excluding carboxylic acids is 3. The minimum Gasteiger partial charge on any atom is -0.326 e. The van der Waals surface area contributed by atoms with E-state index in [2.05, 4.69) is 10.6 Å². The highest BCUT2D eigenvalue weighted by molar-refractivity contribution is 6.02. The van der Waals surface area contributed by atoms with Crippen molar-refractivity contribution in [2.75, 3.05) is 22.1 Å². The van der Waals surface area contributed by atoms with Gasteiger partial charge in [-0.2, -0.15) is 0 Å². The average Bonchev–Trinajstić information content (AvgIpc) is 3.13. The first kappa shape index (κ1) is 20.3. The molecule has 1 heterocycles. The number of anilines is 3. The Kier molecular flexibility index (Phi) is 6.44. The summed E-state index contributed by atoms with van der Waals surface area (Å²) in [5.41, 5.74) is 2.99. The fourth-order valence-electron chi connectivity index (χ4n) is 3.00. The molecule has 6 nitrogen and oxygen atoms in total. The highest BCUT2D eigenvalue weighted by atomic mass is 16.2. The van der Waals surface area contributed by atoms with Crippen molar-refractivity contribution in [1.29, 1.82) is 0 Å². The summed E-state index contributed by atoms with van der Waals surface area (Å²) in [7, 11) is 0. The molecule has 0 radical (unpaired) electrons. The summed E-state index contributed by atoms with van der Waals surface area (Å²) >= 11 is 0. The van der Waals surface area contributed by atoms with E-state index in [0.29, 0.717) is 17.8 Å². The normalized spacial score (nSPS) is 13.9. The molecule has 1 saturated heterocycles. The zero-order valence-corrected chi connectivity index (χ0v) is 16.6. The van der Waals surface area contributed by atoms with Gasteiger partial charge in [-0.3, -0.25) is 14.4 Å². The number of hydrogen-bond acceptors (Lipinski definition) is 3. The molecule has 0 bridgehead atoms. The van der Waals surface area contributed by atoms with Crippen molar-refractivity contribution in [2.24, 2.45) is 5.92 Å². The van der Waals surface area contributed by atoms with Gasteiger partial charge in [0.25, 0.3) is 0 Å². The first-order valence-corrected chi connectivity index (χ1v) is 9.73. The smallest absolute Gasteiger partial charge is 0.248 e. The summed E-state index contributed by atoms with van der Waals surface area (Å²) in [4.78, 5) is 37.6. The van der Waals surface area contributed by atoms with Crippen LogP contribution in [0.5, 0.6) is 0 Å². The second kappa shape index (κ2) is 9.19. The van der Waals surface area contributed by atoms with Gasteiger partial charge in [-0.15, -0.1) is 0 Å². The van der Waals surface area contributed by atoms with Crippen LogP contribution in [0.3, 0.4) is 0 Å². The Hall–Kier alpha value is -3.41. The summed E-state index contributed by atoms with van der Waals surface area (Å²) in [6, 6.07) is 14.6. The molecule has 1 fully saturated rings. The lowest BCUT2D eigenvalue weighted by molar-refractivity contribution is -0.119. The first-order valence-electron chi connectivity index (χ1n) is 9.73.